The summed E-state index contributed by atoms with van der Waals surface area (Å²) in [7, 11) is 0. The van der Waals surface area contributed by atoms with Crippen LogP contribution in [0.2, 0.25) is 0 Å². The largest absolute Gasteiger partial charge is 0.508 e. The van der Waals surface area contributed by atoms with Crippen molar-refractivity contribution in [2.24, 2.45) is 0 Å². The number of aromatic hydroxyl groups is 1. The molecule has 0 unspecified atom stereocenters. The maximum atomic E-state index is 12.6. The SMILES string of the molecule is CCCN(Cc1nc2sc(-c3ccccc3)cc2c(=O)[nH]1)Cc1ccccc1O. The fraction of sp³-hybridized carbons (Fsp3) is 0.217. The number of thiophene rings is 1. The van der Waals surface area contributed by atoms with E-state index in [1.807, 2.05) is 54.6 Å². The third kappa shape index (κ3) is 4.39. The van der Waals surface area contributed by atoms with Gasteiger partial charge < -0.3 is 10.1 Å². The number of nitrogens with one attached hydrogen (secondary N) is 1. The predicted octanol–water partition coefficient (Wildman–Crippen LogP) is 4.77. The molecule has 29 heavy (non-hydrogen) atoms. The molecule has 0 aliphatic heterocycles. The summed E-state index contributed by atoms with van der Waals surface area (Å²) < 4.78 is 0. The maximum Gasteiger partial charge on any atom is 0.259 e. The summed E-state index contributed by atoms with van der Waals surface area (Å²) in [6, 6.07) is 19.3. The number of phenolic OH excluding ortho intramolecular Hbond substituents is 1. The van der Waals surface area contributed by atoms with Crippen LogP contribution in [-0.2, 0) is 13.1 Å². The summed E-state index contributed by atoms with van der Waals surface area (Å²) in [6.45, 7) is 4.08. The molecule has 0 aliphatic carbocycles. The van der Waals surface area contributed by atoms with Crippen LogP contribution in [-0.4, -0.2) is 26.5 Å². The highest BCUT2D eigenvalue weighted by atomic mass is 32.1. The van der Waals surface area contributed by atoms with Gasteiger partial charge in [-0.2, -0.15) is 0 Å². The van der Waals surface area contributed by atoms with Gasteiger partial charge in [-0.3, -0.25) is 9.69 Å². The highest BCUT2D eigenvalue weighted by Crippen LogP contribution is 2.30. The summed E-state index contributed by atoms with van der Waals surface area (Å²) in [6.07, 6.45) is 0.969. The molecule has 2 heterocycles. The quantitative estimate of drug-likeness (QED) is 0.465. The summed E-state index contributed by atoms with van der Waals surface area (Å²) >= 11 is 1.54. The van der Waals surface area contributed by atoms with Crippen molar-refractivity contribution in [3.05, 3.63) is 82.4 Å². The summed E-state index contributed by atoms with van der Waals surface area (Å²) in [4.78, 5) is 24.3. The van der Waals surface area contributed by atoms with Gasteiger partial charge in [-0.15, -0.1) is 11.3 Å². The number of benzene rings is 2. The zero-order valence-electron chi connectivity index (χ0n) is 16.3. The molecule has 5 nitrogen and oxygen atoms in total. The van der Waals surface area contributed by atoms with Crippen LogP contribution in [0.4, 0.5) is 0 Å². The van der Waals surface area contributed by atoms with Crippen molar-refractivity contribution < 1.29 is 5.11 Å². The van der Waals surface area contributed by atoms with Crippen molar-refractivity contribution in [1.29, 1.82) is 0 Å². The van der Waals surface area contributed by atoms with Gasteiger partial charge >= 0.3 is 0 Å². The minimum atomic E-state index is -0.109. The van der Waals surface area contributed by atoms with E-state index in [0.717, 1.165) is 33.8 Å². The van der Waals surface area contributed by atoms with Crippen molar-refractivity contribution in [2.75, 3.05) is 6.54 Å². The van der Waals surface area contributed by atoms with Crippen LogP contribution in [0.1, 0.15) is 24.7 Å². The lowest BCUT2D eigenvalue weighted by Gasteiger charge is -2.21. The average molecular weight is 406 g/mol. The number of aromatic nitrogens is 2. The van der Waals surface area contributed by atoms with E-state index in [1.54, 1.807) is 6.07 Å². The molecule has 0 atom stereocenters. The molecule has 0 amide bonds. The molecule has 6 heteroatoms. The number of phenols is 1. The Labute approximate surface area is 173 Å². The maximum absolute atomic E-state index is 12.6. The molecule has 0 aliphatic rings. The predicted molar refractivity (Wildman–Crippen MR) is 118 cm³/mol. The van der Waals surface area contributed by atoms with E-state index in [-0.39, 0.29) is 11.3 Å². The van der Waals surface area contributed by atoms with Gasteiger partial charge in [-0.05, 0) is 30.7 Å². The van der Waals surface area contributed by atoms with E-state index in [9.17, 15) is 9.90 Å². The Bertz CT molecular complexity index is 1170. The molecule has 0 fully saturated rings. The zero-order valence-corrected chi connectivity index (χ0v) is 17.1. The van der Waals surface area contributed by atoms with Gasteiger partial charge in [-0.25, -0.2) is 4.98 Å². The van der Waals surface area contributed by atoms with Gasteiger partial charge in [0.15, 0.2) is 0 Å². The first-order valence-electron chi connectivity index (χ1n) is 9.71. The van der Waals surface area contributed by atoms with Crippen LogP contribution in [0.5, 0.6) is 5.75 Å². The van der Waals surface area contributed by atoms with E-state index in [4.69, 9.17) is 4.98 Å². The smallest absolute Gasteiger partial charge is 0.259 e. The fourth-order valence-corrected chi connectivity index (χ4v) is 4.48. The van der Waals surface area contributed by atoms with Crippen molar-refractivity contribution >= 4 is 21.6 Å². The number of H-pyrrole nitrogens is 1. The first kappa shape index (κ1) is 19.4. The second-order valence-electron chi connectivity index (χ2n) is 7.05. The van der Waals surface area contributed by atoms with Crippen LogP contribution in [0, 0.1) is 0 Å². The first-order valence-corrected chi connectivity index (χ1v) is 10.5. The van der Waals surface area contributed by atoms with E-state index >= 15 is 0 Å². The Kier molecular flexibility index (Phi) is 5.74. The zero-order chi connectivity index (χ0) is 20.2. The molecule has 0 bridgehead atoms. The standard InChI is InChI=1S/C23H23N3O2S/c1-2-12-26(14-17-10-6-7-11-19(17)27)15-21-24-22(28)18-13-20(29-23(18)25-21)16-8-4-3-5-9-16/h3-11,13,27H,2,12,14-15H2,1H3,(H,24,25,28). The van der Waals surface area contributed by atoms with Crippen molar-refractivity contribution in [3.63, 3.8) is 0 Å². The summed E-state index contributed by atoms with van der Waals surface area (Å²) in [5, 5.41) is 10.7. The molecule has 0 radical (unpaired) electrons. The lowest BCUT2D eigenvalue weighted by molar-refractivity contribution is 0.247. The van der Waals surface area contributed by atoms with Gasteiger partial charge in [0.2, 0.25) is 0 Å². The molecule has 2 aromatic carbocycles. The lowest BCUT2D eigenvalue weighted by Crippen LogP contribution is -2.26. The molecular formula is C23H23N3O2S. The highest BCUT2D eigenvalue weighted by Gasteiger charge is 2.14. The third-order valence-electron chi connectivity index (χ3n) is 4.81. The number of hydrogen-bond donors (Lipinski definition) is 2. The van der Waals surface area contributed by atoms with Crippen molar-refractivity contribution in [2.45, 2.75) is 26.4 Å². The van der Waals surface area contributed by atoms with E-state index in [2.05, 4.69) is 16.8 Å². The molecule has 148 valence electrons. The molecule has 4 aromatic rings. The minimum absolute atomic E-state index is 0.109. The van der Waals surface area contributed by atoms with E-state index < -0.39 is 0 Å². The summed E-state index contributed by atoms with van der Waals surface area (Å²) in [5.74, 6) is 0.934. The molecule has 2 aromatic heterocycles. The minimum Gasteiger partial charge on any atom is -0.508 e. The Morgan fingerprint density at radius 3 is 2.59 bits per heavy atom. The van der Waals surface area contributed by atoms with Gasteiger partial charge in [0, 0.05) is 17.0 Å². The van der Waals surface area contributed by atoms with Crippen molar-refractivity contribution in [1.82, 2.24) is 14.9 Å². The topological polar surface area (TPSA) is 69.2 Å². The molecule has 2 N–H and O–H groups in total. The fourth-order valence-electron chi connectivity index (χ4n) is 3.42. The molecule has 0 saturated carbocycles. The van der Waals surface area contributed by atoms with Gasteiger partial charge in [0.25, 0.3) is 5.56 Å². The Balaban J connectivity index is 1.62. The lowest BCUT2D eigenvalue weighted by atomic mass is 10.2. The van der Waals surface area contributed by atoms with Gasteiger partial charge in [-0.1, -0.05) is 55.5 Å². The molecule has 0 spiro atoms. The average Bonchev–Trinajstić information content (AvgIpc) is 3.15. The Morgan fingerprint density at radius 2 is 1.83 bits per heavy atom. The number of nitrogens with zero attached hydrogens (tertiary/aromatic N) is 2. The second-order valence-corrected chi connectivity index (χ2v) is 8.08. The number of rotatable bonds is 7. The van der Waals surface area contributed by atoms with Crippen molar-refractivity contribution in [3.8, 4) is 16.2 Å². The number of fused-ring (bicyclic) bond motifs is 1. The second kappa shape index (κ2) is 8.59. The number of aromatic amines is 1. The first-order chi connectivity index (χ1) is 14.1. The monoisotopic (exact) mass is 405 g/mol. The third-order valence-corrected chi connectivity index (χ3v) is 5.89. The number of para-hydroxylation sites is 1. The molecule has 0 saturated heterocycles. The summed E-state index contributed by atoms with van der Waals surface area (Å²) in [5.41, 5.74) is 1.85. The number of hydrogen-bond acceptors (Lipinski definition) is 5. The highest BCUT2D eigenvalue weighted by molar-refractivity contribution is 7.21. The van der Waals surface area contributed by atoms with Crippen LogP contribution >= 0.6 is 11.3 Å². The molecular weight excluding hydrogens is 382 g/mol. The van der Waals surface area contributed by atoms with E-state index in [1.165, 1.54) is 11.3 Å². The van der Waals surface area contributed by atoms with Crippen LogP contribution in [0.15, 0.2) is 65.5 Å². The Morgan fingerprint density at radius 1 is 1.07 bits per heavy atom. The van der Waals surface area contributed by atoms with Gasteiger partial charge in [0.05, 0.1) is 11.9 Å². The van der Waals surface area contributed by atoms with Crippen LogP contribution in [0.25, 0.3) is 20.7 Å². The normalized spacial score (nSPS) is 11.4. The molecule has 4 rings (SSSR count). The van der Waals surface area contributed by atoms with Crippen LogP contribution in [0.3, 0.4) is 0 Å². The van der Waals surface area contributed by atoms with E-state index in [0.29, 0.717) is 24.3 Å². The Hall–Kier alpha value is -2.96. The van der Waals surface area contributed by atoms with Crippen LogP contribution < -0.4 is 5.56 Å². The van der Waals surface area contributed by atoms with Gasteiger partial charge in [0.1, 0.15) is 16.4 Å².